The highest BCUT2D eigenvalue weighted by Crippen LogP contribution is 2.12. The van der Waals surface area contributed by atoms with Gasteiger partial charge in [-0.05, 0) is 31.7 Å². The van der Waals surface area contributed by atoms with E-state index in [2.05, 4.69) is 23.5 Å². The predicted octanol–water partition coefficient (Wildman–Crippen LogP) is 1.73. The number of rotatable bonds is 11. The van der Waals surface area contributed by atoms with Crippen LogP contribution in [0.1, 0.15) is 25.3 Å². The van der Waals surface area contributed by atoms with Gasteiger partial charge < -0.3 is 21.9 Å². The maximum Gasteiger partial charge on any atom is 0.112 e. The molecule has 24 heavy (non-hydrogen) atoms. The third kappa shape index (κ3) is 7.44. The minimum Gasteiger partial charge on any atom is -0.390 e. The van der Waals surface area contributed by atoms with Gasteiger partial charge >= 0.3 is 0 Å². The largest absolute Gasteiger partial charge is 0.390 e. The van der Waals surface area contributed by atoms with Gasteiger partial charge in [0.15, 0.2) is 0 Å². The Bertz CT molecular complexity index is 554. The normalized spacial score (nSPS) is 14.0. The van der Waals surface area contributed by atoms with E-state index in [0.717, 1.165) is 30.5 Å². The van der Waals surface area contributed by atoms with Crippen LogP contribution in [-0.2, 0) is 6.42 Å². The minimum atomic E-state index is -0.304. The molecule has 0 fully saturated rings. The number of hydrogen-bond acceptors (Lipinski definition) is 4. The van der Waals surface area contributed by atoms with Gasteiger partial charge in [0.2, 0.25) is 0 Å². The number of aliphatic hydroxyl groups excluding tert-OH is 1. The fourth-order valence-corrected chi connectivity index (χ4v) is 2.29. The Hall–Kier alpha value is -2.11. The lowest BCUT2D eigenvalue weighted by molar-refractivity contribution is 0.321. The van der Waals surface area contributed by atoms with E-state index < -0.39 is 0 Å². The molecular formula is C19H30N4O. The second-order valence-electron chi connectivity index (χ2n) is 6.04. The molecule has 1 unspecified atom stereocenters. The van der Waals surface area contributed by atoms with Gasteiger partial charge in [0.25, 0.3) is 0 Å². The minimum absolute atomic E-state index is 0.0454. The third-order valence-corrected chi connectivity index (χ3v) is 3.77. The highest BCUT2D eigenvalue weighted by Gasteiger charge is 2.13. The van der Waals surface area contributed by atoms with Gasteiger partial charge in [-0.3, -0.25) is 4.99 Å². The smallest absolute Gasteiger partial charge is 0.112 e. The summed E-state index contributed by atoms with van der Waals surface area (Å²) >= 11 is 0. The Labute approximate surface area is 145 Å². The highest BCUT2D eigenvalue weighted by atomic mass is 16.3. The summed E-state index contributed by atoms with van der Waals surface area (Å²) in [5.74, 6) is 0.458. The van der Waals surface area contributed by atoms with Gasteiger partial charge in [-0.1, -0.05) is 49.1 Å². The number of nitrogens with two attached hydrogens (primary N) is 2. The van der Waals surface area contributed by atoms with Crippen molar-refractivity contribution in [3.8, 4) is 0 Å². The zero-order valence-electron chi connectivity index (χ0n) is 14.5. The first-order chi connectivity index (χ1) is 11.4. The van der Waals surface area contributed by atoms with E-state index in [-0.39, 0.29) is 18.7 Å². The van der Waals surface area contributed by atoms with Crippen molar-refractivity contribution in [1.29, 1.82) is 0 Å². The Morgan fingerprint density at radius 2 is 1.96 bits per heavy atom. The average Bonchev–Trinajstić information content (AvgIpc) is 2.57. The zero-order valence-corrected chi connectivity index (χ0v) is 14.5. The van der Waals surface area contributed by atoms with Crippen molar-refractivity contribution >= 4 is 5.84 Å². The zero-order chi connectivity index (χ0) is 17.9. The van der Waals surface area contributed by atoms with Crippen LogP contribution < -0.4 is 16.8 Å². The molecule has 0 aliphatic carbocycles. The van der Waals surface area contributed by atoms with Crippen molar-refractivity contribution < 1.29 is 5.11 Å². The fourth-order valence-electron chi connectivity index (χ4n) is 2.29. The van der Waals surface area contributed by atoms with E-state index in [4.69, 9.17) is 16.6 Å². The number of aliphatic imine (C=N–C) groups is 1. The van der Waals surface area contributed by atoms with Crippen molar-refractivity contribution in [2.24, 2.45) is 16.5 Å². The number of benzene rings is 1. The molecule has 1 rings (SSSR count). The van der Waals surface area contributed by atoms with Crippen LogP contribution in [0.3, 0.4) is 0 Å². The summed E-state index contributed by atoms with van der Waals surface area (Å²) in [7, 11) is 0. The molecule has 0 saturated heterocycles. The Kier molecular flexibility index (Phi) is 8.83. The summed E-state index contributed by atoms with van der Waals surface area (Å²) < 4.78 is 0. The third-order valence-electron chi connectivity index (χ3n) is 3.77. The van der Waals surface area contributed by atoms with Crippen LogP contribution in [0.5, 0.6) is 0 Å². The van der Waals surface area contributed by atoms with Crippen molar-refractivity contribution in [1.82, 2.24) is 5.32 Å². The fraction of sp³-hybridized carbons (Fsp3) is 0.421. The first kappa shape index (κ1) is 19.9. The molecule has 1 aromatic rings. The molecule has 0 bridgehead atoms. The first-order valence-corrected chi connectivity index (χ1v) is 8.24. The van der Waals surface area contributed by atoms with Crippen LogP contribution in [0, 0.1) is 0 Å². The molecule has 132 valence electrons. The molecule has 0 spiro atoms. The standard InChI is InChI=1S/C19H30N4O/c1-14(2)18(10-7-11-22-15(3)13-24)23-19(21)17(20)12-16-8-5-4-6-9-16/h4-6,8-9,17-18,22,24H,1,3,7,10-13,20H2,2H3,(H2,21,23)/t17-,18?/m1/s1. The number of hydrogen-bond donors (Lipinski definition) is 4. The quantitative estimate of drug-likeness (QED) is 0.215. The average molecular weight is 330 g/mol. The Balaban J connectivity index is 2.56. The van der Waals surface area contributed by atoms with E-state index in [1.165, 1.54) is 0 Å². The van der Waals surface area contributed by atoms with Crippen LogP contribution in [-0.4, -0.2) is 36.2 Å². The van der Waals surface area contributed by atoms with Gasteiger partial charge in [-0.2, -0.15) is 0 Å². The summed E-state index contributed by atoms with van der Waals surface area (Å²) in [5.41, 5.74) is 15.0. The van der Waals surface area contributed by atoms with Crippen LogP contribution in [0.4, 0.5) is 0 Å². The highest BCUT2D eigenvalue weighted by molar-refractivity contribution is 5.86. The van der Waals surface area contributed by atoms with Crippen LogP contribution in [0.2, 0.25) is 0 Å². The van der Waals surface area contributed by atoms with Gasteiger partial charge in [-0.25, -0.2) is 0 Å². The first-order valence-electron chi connectivity index (χ1n) is 8.24. The molecule has 5 heteroatoms. The van der Waals surface area contributed by atoms with E-state index >= 15 is 0 Å². The molecule has 1 aromatic carbocycles. The second-order valence-corrected chi connectivity index (χ2v) is 6.04. The van der Waals surface area contributed by atoms with Gasteiger partial charge in [0, 0.05) is 12.2 Å². The molecule has 5 nitrogen and oxygen atoms in total. The summed E-state index contributed by atoms with van der Waals surface area (Å²) in [4.78, 5) is 4.58. The van der Waals surface area contributed by atoms with Crippen molar-refractivity contribution in [2.45, 2.75) is 38.3 Å². The predicted molar refractivity (Wildman–Crippen MR) is 102 cm³/mol. The lowest BCUT2D eigenvalue weighted by atomic mass is 10.0. The monoisotopic (exact) mass is 330 g/mol. The second kappa shape index (κ2) is 10.6. The van der Waals surface area contributed by atoms with E-state index in [1.54, 1.807) is 0 Å². The molecule has 0 radical (unpaired) electrons. The summed E-state index contributed by atoms with van der Waals surface area (Å²) in [6.45, 7) is 10.3. The lowest BCUT2D eigenvalue weighted by Gasteiger charge is -2.17. The Morgan fingerprint density at radius 1 is 1.29 bits per heavy atom. The molecule has 0 aromatic heterocycles. The van der Waals surface area contributed by atoms with Gasteiger partial charge in [-0.15, -0.1) is 0 Å². The van der Waals surface area contributed by atoms with Gasteiger partial charge in [0.1, 0.15) is 5.84 Å². The lowest BCUT2D eigenvalue weighted by Crippen LogP contribution is -2.39. The molecule has 2 atom stereocenters. The summed E-state index contributed by atoms with van der Waals surface area (Å²) in [6, 6.07) is 9.66. The van der Waals surface area contributed by atoms with E-state index in [1.807, 2.05) is 37.3 Å². The van der Waals surface area contributed by atoms with Crippen LogP contribution in [0.15, 0.2) is 59.8 Å². The SMILES string of the molecule is C=C(CO)NCCCC(N=C(N)[C@H](N)Cc1ccccc1)C(=C)C. The van der Waals surface area contributed by atoms with Gasteiger partial charge in [0.05, 0.1) is 18.7 Å². The summed E-state index contributed by atoms with van der Waals surface area (Å²) in [6.07, 6.45) is 2.36. The number of nitrogens with zero attached hydrogens (tertiary/aromatic N) is 1. The van der Waals surface area contributed by atoms with Crippen molar-refractivity contribution in [3.05, 3.63) is 60.3 Å². The number of aliphatic hydroxyl groups is 1. The molecule has 0 amide bonds. The number of nitrogens with one attached hydrogen (secondary N) is 1. The van der Waals surface area contributed by atoms with Crippen molar-refractivity contribution in [2.75, 3.05) is 13.2 Å². The molecule has 0 saturated carbocycles. The van der Waals surface area contributed by atoms with E-state index in [9.17, 15) is 0 Å². The maximum absolute atomic E-state index is 8.90. The van der Waals surface area contributed by atoms with Crippen LogP contribution >= 0.6 is 0 Å². The number of amidine groups is 1. The van der Waals surface area contributed by atoms with E-state index in [0.29, 0.717) is 18.0 Å². The maximum atomic E-state index is 8.90. The topological polar surface area (TPSA) is 96.7 Å². The molecular weight excluding hydrogens is 300 g/mol. The van der Waals surface area contributed by atoms with Crippen molar-refractivity contribution in [3.63, 3.8) is 0 Å². The molecule has 0 aliphatic rings. The Morgan fingerprint density at radius 3 is 2.54 bits per heavy atom. The molecule has 0 heterocycles. The molecule has 6 N–H and O–H groups in total. The molecule has 0 aliphatic heterocycles. The summed E-state index contributed by atoms with van der Waals surface area (Å²) in [5, 5.41) is 12.0. The van der Waals surface area contributed by atoms with Crippen LogP contribution in [0.25, 0.3) is 0 Å².